The van der Waals surface area contributed by atoms with Crippen LogP contribution in [0, 0.1) is 11.7 Å². The largest absolute Gasteiger partial charge is 0.494 e. The zero-order valence-electron chi connectivity index (χ0n) is 15.8. The Kier molecular flexibility index (Phi) is 6.82. The van der Waals surface area contributed by atoms with Crippen LogP contribution in [0.25, 0.3) is 0 Å². The number of halogens is 1. The predicted molar refractivity (Wildman–Crippen MR) is 104 cm³/mol. The molecule has 27 heavy (non-hydrogen) atoms. The minimum Gasteiger partial charge on any atom is -0.494 e. The van der Waals surface area contributed by atoms with E-state index in [4.69, 9.17) is 4.74 Å². The zero-order valence-corrected chi connectivity index (χ0v) is 15.8. The van der Waals surface area contributed by atoms with Crippen LogP contribution in [0.3, 0.4) is 0 Å². The van der Waals surface area contributed by atoms with Crippen molar-refractivity contribution in [1.82, 2.24) is 10.2 Å². The molecule has 1 fully saturated rings. The van der Waals surface area contributed by atoms with Gasteiger partial charge in [-0.05, 0) is 61.7 Å². The van der Waals surface area contributed by atoms with Gasteiger partial charge in [0.1, 0.15) is 11.6 Å². The van der Waals surface area contributed by atoms with Gasteiger partial charge in [-0.15, -0.1) is 0 Å². The van der Waals surface area contributed by atoms with Crippen molar-refractivity contribution >= 4 is 5.91 Å². The summed E-state index contributed by atoms with van der Waals surface area (Å²) in [6, 6.07) is 14.4. The topological polar surface area (TPSA) is 41.6 Å². The monoisotopic (exact) mass is 370 g/mol. The van der Waals surface area contributed by atoms with E-state index in [1.165, 1.54) is 12.1 Å². The number of ether oxygens (including phenoxy) is 1. The van der Waals surface area contributed by atoms with Crippen LogP contribution < -0.4 is 10.1 Å². The maximum absolute atomic E-state index is 13.1. The molecular formula is C22H27FN2O2. The van der Waals surface area contributed by atoms with Gasteiger partial charge in [-0.1, -0.05) is 24.3 Å². The number of hydrogen-bond donors (Lipinski definition) is 1. The first-order valence-electron chi connectivity index (χ1n) is 9.60. The molecule has 1 amide bonds. The number of benzene rings is 2. The van der Waals surface area contributed by atoms with Gasteiger partial charge in [-0.2, -0.15) is 0 Å². The van der Waals surface area contributed by atoms with E-state index in [0.29, 0.717) is 13.2 Å². The van der Waals surface area contributed by atoms with E-state index in [-0.39, 0.29) is 17.6 Å². The second-order valence-electron chi connectivity index (χ2n) is 7.00. The number of piperidine rings is 1. The Balaban J connectivity index is 1.50. The lowest BCUT2D eigenvalue weighted by molar-refractivity contribution is -0.126. The highest BCUT2D eigenvalue weighted by Gasteiger charge is 2.25. The van der Waals surface area contributed by atoms with Crippen LogP contribution in [0.1, 0.15) is 30.9 Å². The zero-order chi connectivity index (χ0) is 19.1. The first-order chi connectivity index (χ1) is 13.1. The molecule has 5 heteroatoms. The first-order valence-corrected chi connectivity index (χ1v) is 9.60. The Labute approximate surface area is 160 Å². The molecule has 0 radical (unpaired) electrons. The summed E-state index contributed by atoms with van der Waals surface area (Å²) in [4.78, 5) is 14.9. The number of hydrogen-bond acceptors (Lipinski definition) is 3. The van der Waals surface area contributed by atoms with Gasteiger partial charge in [0.05, 0.1) is 12.5 Å². The molecule has 2 aromatic rings. The van der Waals surface area contributed by atoms with Crippen molar-refractivity contribution in [3.8, 4) is 5.75 Å². The fourth-order valence-corrected chi connectivity index (χ4v) is 3.51. The second-order valence-corrected chi connectivity index (χ2v) is 7.00. The van der Waals surface area contributed by atoms with Crippen molar-refractivity contribution in [3.05, 3.63) is 65.5 Å². The lowest BCUT2D eigenvalue weighted by atomic mass is 9.96. The predicted octanol–water partition coefficient (Wildman–Crippen LogP) is 3.75. The average Bonchev–Trinajstić information content (AvgIpc) is 2.69. The van der Waals surface area contributed by atoms with Crippen molar-refractivity contribution in [2.45, 2.75) is 32.9 Å². The Bertz CT molecular complexity index is 748. The van der Waals surface area contributed by atoms with E-state index in [2.05, 4.69) is 10.2 Å². The molecule has 0 saturated carbocycles. The number of nitrogens with zero attached hydrogens (tertiary/aromatic N) is 1. The van der Waals surface area contributed by atoms with Gasteiger partial charge < -0.3 is 10.1 Å². The SMILES string of the molecule is CCOc1cccc(CNC(=O)C2CCCN(Cc3ccc(F)cc3)C2)c1. The Morgan fingerprint density at radius 3 is 2.81 bits per heavy atom. The third kappa shape index (κ3) is 5.79. The summed E-state index contributed by atoms with van der Waals surface area (Å²) in [7, 11) is 0. The maximum Gasteiger partial charge on any atom is 0.224 e. The lowest BCUT2D eigenvalue weighted by Gasteiger charge is -2.32. The average molecular weight is 370 g/mol. The van der Waals surface area contributed by atoms with Crippen LogP contribution in [0.4, 0.5) is 4.39 Å². The van der Waals surface area contributed by atoms with Crippen LogP contribution in [-0.2, 0) is 17.9 Å². The van der Waals surface area contributed by atoms with Crippen molar-refractivity contribution in [3.63, 3.8) is 0 Å². The molecule has 1 N–H and O–H groups in total. The van der Waals surface area contributed by atoms with Crippen LogP contribution in [0.15, 0.2) is 48.5 Å². The Morgan fingerprint density at radius 1 is 1.22 bits per heavy atom. The van der Waals surface area contributed by atoms with E-state index in [1.807, 2.05) is 43.3 Å². The molecule has 0 spiro atoms. The molecule has 1 aliphatic rings. The fraction of sp³-hybridized carbons (Fsp3) is 0.409. The summed E-state index contributed by atoms with van der Waals surface area (Å²) in [5.41, 5.74) is 2.11. The summed E-state index contributed by atoms with van der Waals surface area (Å²) in [5, 5.41) is 3.06. The number of amides is 1. The third-order valence-electron chi connectivity index (χ3n) is 4.87. The van der Waals surface area contributed by atoms with E-state index in [0.717, 1.165) is 49.4 Å². The normalized spacial score (nSPS) is 17.5. The number of rotatable bonds is 7. The molecule has 4 nitrogen and oxygen atoms in total. The van der Waals surface area contributed by atoms with E-state index in [9.17, 15) is 9.18 Å². The molecule has 0 aromatic heterocycles. The van der Waals surface area contributed by atoms with Crippen molar-refractivity contribution in [2.75, 3.05) is 19.7 Å². The van der Waals surface area contributed by atoms with Gasteiger partial charge in [0.15, 0.2) is 0 Å². The molecule has 2 aromatic carbocycles. The van der Waals surface area contributed by atoms with Crippen molar-refractivity contribution in [1.29, 1.82) is 0 Å². The van der Waals surface area contributed by atoms with Crippen LogP contribution in [0.2, 0.25) is 0 Å². The van der Waals surface area contributed by atoms with Crippen LogP contribution in [0.5, 0.6) is 5.75 Å². The second kappa shape index (κ2) is 9.51. The fourth-order valence-electron chi connectivity index (χ4n) is 3.51. The molecule has 1 heterocycles. The molecule has 1 saturated heterocycles. The van der Waals surface area contributed by atoms with E-state index < -0.39 is 0 Å². The standard InChI is InChI=1S/C22H27FN2O2/c1-2-27-21-7-3-5-18(13-21)14-24-22(26)19-6-4-12-25(16-19)15-17-8-10-20(23)11-9-17/h3,5,7-11,13,19H,2,4,6,12,14-16H2,1H3,(H,24,26). The third-order valence-corrected chi connectivity index (χ3v) is 4.87. The summed E-state index contributed by atoms with van der Waals surface area (Å²) in [6.45, 7) is 5.55. The van der Waals surface area contributed by atoms with E-state index >= 15 is 0 Å². The van der Waals surface area contributed by atoms with Crippen LogP contribution >= 0.6 is 0 Å². The molecule has 144 valence electrons. The minimum absolute atomic E-state index is 0.00530. The molecule has 1 unspecified atom stereocenters. The molecule has 0 bridgehead atoms. The molecule has 1 aliphatic heterocycles. The molecule has 0 aliphatic carbocycles. The maximum atomic E-state index is 13.1. The van der Waals surface area contributed by atoms with Crippen molar-refractivity contribution < 1.29 is 13.9 Å². The number of carbonyl (C=O) groups is 1. The number of carbonyl (C=O) groups excluding carboxylic acids is 1. The summed E-state index contributed by atoms with van der Waals surface area (Å²) >= 11 is 0. The highest BCUT2D eigenvalue weighted by molar-refractivity contribution is 5.79. The van der Waals surface area contributed by atoms with E-state index in [1.54, 1.807) is 0 Å². The quantitative estimate of drug-likeness (QED) is 0.807. The van der Waals surface area contributed by atoms with Crippen LogP contribution in [-0.4, -0.2) is 30.5 Å². The first kappa shape index (κ1) is 19.4. The van der Waals surface area contributed by atoms with Crippen molar-refractivity contribution in [2.24, 2.45) is 5.92 Å². The van der Waals surface area contributed by atoms with Gasteiger partial charge in [0, 0.05) is 19.6 Å². The Hall–Kier alpha value is -2.40. The molecule has 3 rings (SSSR count). The van der Waals surface area contributed by atoms with Gasteiger partial charge in [0.2, 0.25) is 5.91 Å². The van der Waals surface area contributed by atoms with Gasteiger partial charge in [-0.3, -0.25) is 9.69 Å². The summed E-state index contributed by atoms with van der Waals surface area (Å²) < 4.78 is 18.6. The summed E-state index contributed by atoms with van der Waals surface area (Å²) in [5.74, 6) is 0.699. The van der Waals surface area contributed by atoms with Gasteiger partial charge in [0.25, 0.3) is 0 Å². The Morgan fingerprint density at radius 2 is 2.04 bits per heavy atom. The highest BCUT2D eigenvalue weighted by Crippen LogP contribution is 2.19. The smallest absolute Gasteiger partial charge is 0.224 e. The minimum atomic E-state index is -0.219. The lowest BCUT2D eigenvalue weighted by Crippen LogP contribution is -2.42. The molecule has 1 atom stereocenters. The summed E-state index contributed by atoms with van der Waals surface area (Å²) in [6.07, 6.45) is 1.91. The van der Waals surface area contributed by atoms with Gasteiger partial charge >= 0.3 is 0 Å². The molecular weight excluding hydrogens is 343 g/mol. The van der Waals surface area contributed by atoms with Gasteiger partial charge in [-0.25, -0.2) is 4.39 Å². The number of likely N-dealkylation sites (tertiary alicyclic amines) is 1. The highest BCUT2D eigenvalue weighted by atomic mass is 19.1. The number of nitrogens with one attached hydrogen (secondary N) is 1.